The lowest BCUT2D eigenvalue weighted by Gasteiger charge is -2.11. The maximum Gasteiger partial charge on any atom is 0.201 e. The summed E-state index contributed by atoms with van der Waals surface area (Å²) in [5, 5.41) is 8.62. The highest BCUT2D eigenvalue weighted by molar-refractivity contribution is 5.24. The molecule has 0 spiro atoms. The number of aromatic nitrogens is 1. The zero-order valence-corrected chi connectivity index (χ0v) is 7.80. The lowest BCUT2D eigenvalue weighted by molar-refractivity contribution is 0.380. The Morgan fingerprint density at radius 1 is 1.42 bits per heavy atom. The van der Waals surface area contributed by atoms with Gasteiger partial charge in [0, 0.05) is 5.41 Å². The summed E-state index contributed by atoms with van der Waals surface area (Å²) >= 11 is 0. The van der Waals surface area contributed by atoms with E-state index in [-0.39, 0.29) is 5.41 Å². The normalized spacial score (nSPS) is 11.2. The van der Waals surface area contributed by atoms with Crippen LogP contribution in [0.5, 0.6) is 0 Å². The first-order valence-electron chi connectivity index (χ1n) is 3.83. The van der Waals surface area contributed by atoms with Crippen molar-refractivity contribution in [3.63, 3.8) is 0 Å². The molecule has 0 radical (unpaired) electrons. The monoisotopic (exact) mass is 164 g/mol. The van der Waals surface area contributed by atoms with Crippen LogP contribution in [0.25, 0.3) is 0 Å². The molecule has 0 bridgehead atoms. The van der Waals surface area contributed by atoms with E-state index in [4.69, 9.17) is 9.68 Å². The maximum absolute atomic E-state index is 8.62. The van der Waals surface area contributed by atoms with Gasteiger partial charge >= 0.3 is 0 Å². The first kappa shape index (κ1) is 8.79. The summed E-state index contributed by atoms with van der Waals surface area (Å²) in [7, 11) is 0. The number of rotatable bonds is 0. The number of hydrogen-bond donors (Lipinski definition) is 0. The SMILES string of the molecule is Cc1oc(C(C)(C)C)nc1C#N. The smallest absolute Gasteiger partial charge is 0.201 e. The van der Waals surface area contributed by atoms with Gasteiger partial charge in [0.2, 0.25) is 5.89 Å². The van der Waals surface area contributed by atoms with Crippen molar-refractivity contribution in [2.24, 2.45) is 0 Å². The molecule has 1 heterocycles. The van der Waals surface area contributed by atoms with Crippen molar-refractivity contribution in [1.82, 2.24) is 4.98 Å². The second-order valence-electron chi connectivity index (χ2n) is 3.79. The van der Waals surface area contributed by atoms with Crippen molar-refractivity contribution in [2.75, 3.05) is 0 Å². The third-order valence-electron chi connectivity index (χ3n) is 1.54. The van der Waals surface area contributed by atoms with Gasteiger partial charge in [-0.15, -0.1) is 0 Å². The number of aryl methyl sites for hydroxylation is 1. The first-order chi connectivity index (χ1) is 5.45. The molecule has 12 heavy (non-hydrogen) atoms. The Kier molecular flexibility index (Phi) is 1.93. The summed E-state index contributed by atoms with van der Waals surface area (Å²) in [6.45, 7) is 7.75. The van der Waals surface area contributed by atoms with Crippen LogP contribution in [-0.4, -0.2) is 4.98 Å². The highest BCUT2D eigenvalue weighted by atomic mass is 16.4. The molecule has 3 nitrogen and oxygen atoms in total. The Morgan fingerprint density at radius 3 is 2.25 bits per heavy atom. The highest BCUT2D eigenvalue weighted by Crippen LogP contribution is 2.22. The topological polar surface area (TPSA) is 49.8 Å². The van der Waals surface area contributed by atoms with Crippen molar-refractivity contribution in [3.05, 3.63) is 17.3 Å². The molecule has 1 aromatic rings. The van der Waals surface area contributed by atoms with Gasteiger partial charge in [0.25, 0.3) is 0 Å². The predicted octanol–water partition coefficient (Wildman–Crippen LogP) is 2.15. The number of hydrogen-bond acceptors (Lipinski definition) is 3. The van der Waals surface area contributed by atoms with E-state index < -0.39 is 0 Å². The van der Waals surface area contributed by atoms with E-state index in [0.29, 0.717) is 17.3 Å². The van der Waals surface area contributed by atoms with Gasteiger partial charge in [-0.3, -0.25) is 0 Å². The van der Waals surface area contributed by atoms with Gasteiger partial charge in [-0.2, -0.15) is 5.26 Å². The fraction of sp³-hybridized carbons (Fsp3) is 0.556. The summed E-state index contributed by atoms with van der Waals surface area (Å²) in [6, 6.07) is 1.98. The molecule has 3 heteroatoms. The van der Waals surface area contributed by atoms with Crippen LogP contribution in [0, 0.1) is 18.3 Å². The Morgan fingerprint density at radius 2 is 2.00 bits per heavy atom. The number of nitriles is 1. The molecule has 0 aromatic carbocycles. The van der Waals surface area contributed by atoms with E-state index >= 15 is 0 Å². The zero-order valence-electron chi connectivity index (χ0n) is 7.80. The standard InChI is InChI=1S/C9H12N2O/c1-6-7(5-10)11-8(12-6)9(2,3)4/h1-4H3. The molecule has 1 rings (SSSR count). The third kappa shape index (κ3) is 1.48. The van der Waals surface area contributed by atoms with Gasteiger partial charge in [-0.1, -0.05) is 20.8 Å². The van der Waals surface area contributed by atoms with Gasteiger partial charge in [-0.05, 0) is 6.92 Å². The van der Waals surface area contributed by atoms with Crippen molar-refractivity contribution in [1.29, 1.82) is 5.26 Å². The minimum absolute atomic E-state index is 0.125. The number of oxazole rings is 1. The van der Waals surface area contributed by atoms with Gasteiger partial charge in [-0.25, -0.2) is 4.98 Å². The van der Waals surface area contributed by atoms with Crippen LogP contribution in [0.4, 0.5) is 0 Å². The van der Waals surface area contributed by atoms with Gasteiger partial charge in [0.1, 0.15) is 11.8 Å². The second-order valence-corrected chi connectivity index (χ2v) is 3.79. The molecule has 0 atom stereocenters. The highest BCUT2D eigenvalue weighted by Gasteiger charge is 2.21. The molecule has 1 aromatic heterocycles. The molecule has 0 aliphatic rings. The minimum Gasteiger partial charge on any atom is -0.444 e. The zero-order chi connectivity index (χ0) is 9.35. The van der Waals surface area contributed by atoms with E-state index in [0.717, 1.165) is 0 Å². The van der Waals surface area contributed by atoms with Crippen LogP contribution in [0.15, 0.2) is 4.42 Å². The fourth-order valence-electron chi connectivity index (χ4n) is 0.821. The summed E-state index contributed by atoms with van der Waals surface area (Å²) in [6.07, 6.45) is 0. The van der Waals surface area contributed by atoms with Crippen LogP contribution in [0.2, 0.25) is 0 Å². The van der Waals surface area contributed by atoms with Gasteiger partial charge < -0.3 is 4.42 Å². The van der Waals surface area contributed by atoms with Gasteiger partial charge in [0.15, 0.2) is 5.69 Å². The summed E-state index contributed by atoms with van der Waals surface area (Å²) < 4.78 is 5.34. The van der Waals surface area contributed by atoms with Crippen LogP contribution in [0.1, 0.15) is 38.1 Å². The Hall–Kier alpha value is -1.30. The lowest BCUT2D eigenvalue weighted by atomic mass is 9.97. The van der Waals surface area contributed by atoms with Crippen LogP contribution in [0.3, 0.4) is 0 Å². The van der Waals surface area contributed by atoms with Crippen molar-refractivity contribution < 1.29 is 4.42 Å². The van der Waals surface area contributed by atoms with Crippen LogP contribution >= 0.6 is 0 Å². The minimum atomic E-state index is -0.125. The molecule has 0 saturated carbocycles. The van der Waals surface area contributed by atoms with E-state index in [1.807, 2.05) is 26.8 Å². The molecular weight excluding hydrogens is 152 g/mol. The molecule has 0 amide bonds. The van der Waals surface area contributed by atoms with Gasteiger partial charge in [0.05, 0.1) is 0 Å². The molecule has 0 N–H and O–H groups in total. The average molecular weight is 164 g/mol. The summed E-state index contributed by atoms with van der Waals surface area (Å²) in [4.78, 5) is 4.07. The molecule has 0 saturated heterocycles. The predicted molar refractivity (Wildman–Crippen MR) is 44.7 cm³/mol. The van der Waals surface area contributed by atoms with E-state index in [1.54, 1.807) is 6.92 Å². The Bertz CT molecular complexity index is 325. The summed E-state index contributed by atoms with van der Waals surface area (Å²) in [5.74, 6) is 1.22. The molecule has 0 fully saturated rings. The second kappa shape index (κ2) is 2.63. The molecular formula is C9H12N2O. The Balaban J connectivity index is 3.16. The number of nitrogens with zero attached hydrogens (tertiary/aromatic N) is 2. The molecule has 64 valence electrons. The maximum atomic E-state index is 8.62. The quantitative estimate of drug-likeness (QED) is 0.590. The van der Waals surface area contributed by atoms with Crippen molar-refractivity contribution in [2.45, 2.75) is 33.1 Å². The average Bonchev–Trinajstić information content (AvgIpc) is 2.29. The van der Waals surface area contributed by atoms with Crippen molar-refractivity contribution in [3.8, 4) is 6.07 Å². The van der Waals surface area contributed by atoms with Crippen LogP contribution in [-0.2, 0) is 5.41 Å². The van der Waals surface area contributed by atoms with E-state index in [9.17, 15) is 0 Å². The molecule has 0 aliphatic carbocycles. The summed E-state index contributed by atoms with van der Waals surface area (Å²) in [5.41, 5.74) is 0.264. The fourth-order valence-corrected chi connectivity index (χ4v) is 0.821. The molecule has 0 aliphatic heterocycles. The van der Waals surface area contributed by atoms with E-state index in [2.05, 4.69) is 4.98 Å². The first-order valence-corrected chi connectivity index (χ1v) is 3.83. The van der Waals surface area contributed by atoms with Crippen molar-refractivity contribution >= 4 is 0 Å². The molecule has 0 unspecified atom stereocenters. The largest absolute Gasteiger partial charge is 0.444 e. The third-order valence-corrected chi connectivity index (χ3v) is 1.54. The van der Waals surface area contributed by atoms with E-state index in [1.165, 1.54) is 0 Å². The van der Waals surface area contributed by atoms with Crippen LogP contribution < -0.4 is 0 Å². The lowest BCUT2D eigenvalue weighted by Crippen LogP contribution is -2.11. The Labute approximate surface area is 72.0 Å².